The third kappa shape index (κ3) is 4.95. The summed E-state index contributed by atoms with van der Waals surface area (Å²) >= 11 is 0. The minimum absolute atomic E-state index is 0.0990. The summed E-state index contributed by atoms with van der Waals surface area (Å²) in [5, 5.41) is 6.72. The van der Waals surface area contributed by atoms with Gasteiger partial charge in [0.05, 0.1) is 12.6 Å². The molecular formula is C20H30FN3O2. The zero-order valence-electron chi connectivity index (χ0n) is 15.6. The van der Waals surface area contributed by atoms with Crippen LogP contribution >= 0.6 is 0 Å². The predicted octanol–water partition coefficient (Wildman–Crippen LogP) is 2.61. The molecule has 1 aromatic carbocycles. The first-order valence-corrected chi connectivity index (χ1v) is 9.69. The first kappa shape index (κ1) is 19.1. The van der Waals surface area contributed by atoms with Gasteiger partial charge in [-0.25, -0.2) is 4.39 Å². The van der Waals surface area contributed by atoms with E-state index in [1.54, 1.807) is 0 Å². The van der Waals surface area contributed by atoms with Crippen LogP contribution in [0.2, 0.25) is 0 Å². The molecule has 0 aliphatic carbocycles. The number of guanidine groups is 1. The molecule has 6 heteroatoms. The van der Waals surface area contributed by atoms with Gasteiger partial charge in [-0.2, -0.15) is 0 Å². The number of hydrogen-bond acceptors (Lipinski definition) is 3. The van der Waals surface area contributed by atoms with E-state index in [-0.39, 0.29) is 17.3 Å². The summed E-state index contributed by atoms with van der Waals surface area (Å²) in [6, 6.07) is 6.86. The molecule has 5 nitrogen and oxygen atoms in total. The van der Waals surface area contributed by atoms with Crippen molar-refractivity contribution in [2.45, 2.75) is 44.1 Å². The lowest BCUT2D eigenvalue weighted by molar-refractivity contribution is 0.0530. The molecule has 2 saturated heterocycles. The molecule has 2 aliphatic rings. The third-order valence-corrected chi connectivity index (χ3v) is 5.31. The molecule has 144 valence electrons. The number of nitrogens with zero attached hydrogens (tertiary/aromatic N) is 1. The molecule has 3 rings (SSSR count). The van der Waals surface area contributed by atoms with E-state index in [9.17, 15) is 4.39 Å². The van der Waals surface area contributed by atoms with Crippen LogP contribution in [0.4, 0.5) is 4.39 Å². The highest BCUT2D eigenvalue weighted by Gasteiger charge is 2.34. The summed E-state index contributed by atoms with van der Waals surface area (Å²) in [4.78, 5) is 4.86. The van der Waals surface area contributed by atoms with Crippen molar-refractivity contribution in [3.05, 3.63) is 35.6 Å². The van der Waals surface area contributed by atoms with Crippen molar-refractivity contribution in [2.24, 2.45) is 4.99 Å². The third-order valence-electron chi connectivity index (χ3n) is 5.31. The molecule has 2 heterocycles. The molecule has 1 atom stereocenters. The summed E-state index contributed by atoms with van der Waals surface area (Å²) < 4.78 is 24.6. The Hall–Kier alpha value is -1.66. The summed E-state index contributed by atoms with van der Waals surface area (Å²) in [5.74, 6) is 0.613. The number of benzene rings is 1. The van der Waals surface area contributed by atoms with Gasteiger partial charge in [0.1, 0.15) is 5.82 Å². The fourth-order valence-corrected chi connectivity index (χ4v) is 3.69. The second-order valence-corrected chi connectivity index (χ2v) is 7.11. The van der Waals surface area contributed by atoms with Crippen molar-refractivity contribution < 1.29 is 13.9 Å². The largest absolute Gasteiger partial charge is 0.381 e. The van der Waals surface area contributed by atoms with Crippen LogP contribution < -0.4 is 10.6 Å². The first-order valence-electron chi connectivity index (χ1n) is 9.69. The van der Waals surface area contributed by atoms with Crippen molar-refractivity contribution in [3.63, 3.8) is 0 Å². The molecule has 2 aliphatic heterocycles. The highest BCUT2D eigenvalue weighted by molar-refractivity contribution is 5.79. The SMILES string of the molecule is CCNC(=NCC1(c2ccc(F)cc2)CCOCC1)NCC1CCCO1. The van der Waals surface area contributed by atoms with Crippen LogP contribution in [-0.2, 0) is 14.9 Å². The van der Waals surface area contributed by atoms with Crippen LogP contribution in [0.1, 0.15) is 38.2 Å². The standard InChI is InChI=1S/C20H30FN3O2/c1-2-22-19(23-14-18-4-3-11-26-18)24-15-20(9-12-25-13-10-20)16-5-7-17(21)8-6-16/h5-8,18H,2-4,9-15H2,1H3,(H2,22,23,24). The van der Waals surface area contributed by atoms with Gasteiger partial charge >= 0.3 is 0 Å². The normalized spacial score (nSPS) is 23.0. The van der Waals surface area contributed by atoms with Crippen molar-refractivity contribution in [2.75, 3.05) is 39.5 Å². The fraction of sp³-hybridized carbons (Fsp3) is 0.650. The van der Waals surface area contributed by atoms with E-state index in [0.717, 1.165) is 56.9 Å². The van der Waals surface area contributed by atoms with Gasteiger partial charge in [-0.1, -0.05) is 12.1 Å². The molecule has 26 heavy (non-hydrogen) atoms. The molecule has 0 aromatic heterocycles. The highest BCUT2D eigenvalue weighted by Crippen LogP contribution is 2.35. The molecule has 0 spiro atoms. The summed E-state index contributed by atoms with van der Waals surface area (Å²) in [6.45, 7) is 6.59. The topological polar surface area (TPSA) is 54.9 Å². The fourth-order valence-electron chi connectivity index (χ4n) is 3.69. The monoisotopic (exact) mass is 363 g/mol. The van der Waals surface area contributed by atoms with Gasteiger partial charge in [-0.3, -0.25) is 4.99 Å². The predicted molar refractivity (Wildman–Crippen MR) is 101 cm³/mol. The van der Waals surface area contributed by atoms with Crippen molar-refractivity contribution >= 4 is 5.96 Å². The zero-order chi connectivity index (χ0) is 18.2. The van der Waals surface area contributed by atoms with Crippen LogP contribution in [0.3, 0.4) is 0 Å². The molecule has 0 radical (unpaired) electrons. The maximum atomic E-state index is 13.4. The van der Waals surface area contributed by atoms with E-state index in [1.165, 1.54) is 12.1 Å². The smallest absolute Gasteiger partial charge is 0.191 e. The number of nitrogens with one attached hydrogen (secondary N) is 2. The van der Waals surface area contributed by atoms with E-state index in [4.69, 9.17) is 14.5 Å². The molecule has 1 aromatic rings. The van der Waals surface area contributed by atoms with Gasteiger partial charge in [-0.05, 0) is 50.3 Å². The minimum atomic E-state index is -0.203. The van der Waals surface area contributed by atoms with Crippen molar-refractivity contribution in [1.82, 2.24) is 10.6 Å². The average molecular weight is 363 g/mol. The first-order chi connectivity index (χ1) is 12.7. The van der Waals surface area contributed by atoms with Gasteiger partial charge in [0.25, 0.3) is 0 Å². The van der Waals surface area contributed by atoms with Crippen molar-refractivity contribution in [3.8, 4) is 0 Å². The Morgan fingerprint density at radius 3 is 2.62 bits per heavy atom. The molecule has 0 amide bonds. The number of aliphatic imine (C=N–C) groups is 1. The van der Waals surface area contributed by atoms with Crippen LogP contribution in [0.25, 0.3) is 0 Å². The van der Waals surface area contributed by atoms with Crippen LogP contribution in [0.15, 0.2) is 29.3 Å². The zero-order valence-corrected chi connectivity index (χ0v) is 15.6. The van der Waals surface area contributed by atoms with Gasteiger partial charge in [-0.15, -0.1) is 0 Å². The number of ether oxygens (including phenoxy) is 2. The summed E-state index contributed by atoms with van der Waals surface area (Å²) in [5.41, 5.74) is 1.04. The lowest BCUT2D eigenvalue weighted by Crippen LogP contribution is -2.43. The Morgan fingerprint density at radius 1 is 1.19 bits per heavy atom. The van der Waals surface area contributed by atoms with Gasteiger partial charge in [0, 0.05) is 38.3 Å². The molecular weight excluding hydrogens is 333 g/mol. The number of rotatable bonds is 6. The Bertz CT molecular complexity index is 579. The molecule has 0 saturated carbocycles. The number of hydrogen-bond donors (Lipinski definition) is 2. The molecule has 2 fully saturated rings. The Balaban J connectivity index is 1.70. The van der Waals surface area contributed by atoms with Crippen LogP contribution in [-0.4, -0.2) is 51.5 Å². The Kier molecular flexibility index (Phi) is 6.86. The molecule has 2 N–H and O–H groups in total. The van der Waals surface area contributed by atoms with Crippen LogP contribution in [0.5, 0.6) is 0 Å². The average Bonchev–Trinajstić information content (AvgIpc) is 3.19. The Morgan fingerprint density at radius 2 is 1.96 bits per heavy atom. The van der Waals surface area contributed by atoms with E-state index in [1.807, 2.05) is 12.1 Å². The Labute approximate surface area is 155 Å². The minimum Gasteiger partial charge on any atom is -0.381 e. The second-order valence-electron chi connectivity index (χ2n) is 7.11. The lowest BCUT2D eigenvalue weighted by Gasteiger charge is -2.36. The maximum absolute atomic E-state index is 13.4. The van der Waals surface area contributed by atoms with E-state index in [0.29, 0.717) is 19.8 Å². The summed E-state index contributed by atoms with van der Waals surface area (Å²) in [7, 11) is 0. The molecule has 0 bridgehead atoms. The van der Waals surface area contributed by atoms with Gasteiger partial charge in [0.15, 0.2) is 5.96 Å². The lowest BCUT2D eigenvalue weighted by atomic mass is 9.74. The van der Waals surface area contributed by atoms with Gasteiger partial charge in [0.2, 0.25) is 0 Å². The van der Waals surface area contributed by atoms with E-state index in [2.05, 4.69) is 17.6 Å². The summed E-state index contributed by atoms with van der Waals surface area (Å²) in [6.07, 6.45) is 4.30. The van der Waals surface area contributed by atoms with Crippen molar-refractivity contribution in [1.29, 1.82) is 0 Å². The van der Waals surface area contributed by atoms with Crippen LogP contribution in [0, 0.1) is 5.82 Å². The maximum Gasteiger partial charge on any atom is 0.191 e. The van der Waals surface area contributed by atoms with E-state index >= 15 is 0 Å². The van der Waals surface area contributed by atoms with E-state index < -0.39 is 0 Å². The second kappa shape index (κ2) is 9.33. The van der Waals surface area contributed by atoms with Gasteiger partial charge < -0.3 is 20.1 Å². The molecule has 1 unspecified atom stereocenters. The quantitative estimate of drug-likeness (QED) is 0.603. The highest BCUT2D eigenvalue weighted by atomic mass is 19.1. The number of halogens is 1.